The van der Waals surface area contributed by atoms with Gasteiger partial charge in [-0.2, -0.15) is 0 Å². The number of rotatable bonds is 2. The summed E-state index contributed by atoms with van der Waals surface area (Å²) in [5.41, 5.74) is 0.343. The van der Waals surface area contributed by atoms with E-state index in [1.807, 2.05) is 0 Å². The summed E-state index contributed by atoms with van der Waals surface area (Å²) in [5.74, 6) is -2.81. The van der Waals surface area contributed by atoms with Crippen LogP contribution in [0.25, 0.3) is 0 Å². The quantitative estimate of drug-likeness (QED) is 0.821. The highest BCUT2D eigenvalue weighted by Gasteiger charge is 2.62. The molecule has 0 unspecified atom stereocenters. The molecule has 148 valence electrons. The van der Waals surface area contributed by atoms with Gasteiger partial charge in [-0.3, -0.25) is 4.79 Å². The summed E-state index contributed by atoms with van der Waals surface area (Å²) in [6.07, 6.45) is -3.51. The first-order chi connectivity index (χ1) is 12.5. The third-order valence-corrected chi connectivity index (χ3v) is 4.89. The molecule has 1 N–H and O–H groups in total. The van der Waals surface area contributed by atoms with Crippen molar-refractivity contribution >= 4 is 23.2 Å². The fourth-order valence-electron chi connectivity index (χ4n) is 3.61. The third kappa shape index (κ3) is 3.57. The molecular weight excluding hydrogens is 381 g/mol. The summed E-state index contributed by atoms with van der Waals surface area (Å²) in [4.78, 5) is 12.9. The average Bonchev–Trinajstić information content (AvgIpc) is 3.04. The first kappa shape index (κ1) is 19.0. The van der Waals surface area contributed by atoms with E-state index in [1.54, 1.807) is 27.7 Å². The number of fused-ring (bicyclic) bond motifs is 3. The molecule has 4 rings (SSSR count). The van der Waals surface area contributed by atoms with Crippen molar-refractivity contribution in [1.29, 1.82) is 0 Å². The molecule has 5 atom stereocenters. The molecule has 0 spiro atoms. The zero-order valence-electron chi connectivity index (χ0n) is 15.3. The fourth-order valence-corrected chi connectivity index (χ4v) is 3.79. The second-order valence-electron chi connectivity index (χ2n) is 7.71. The number of halogens is 2. The van der Waals surface area contributed by atoms with Gasteiger partial charge in [0, 0.05) is 5.69 Å². The number of ether oxygens (including phenoxy) is 5. The number of anilines is 1. The maximum Gasteiger partial charge on any atom is 0.256 e. The van der Waals surface area contributed by atoms with Crippen LogP contribution in [0.15, 0.2) is 18.2 Å². The number of benzene rings is 1. The zero-order valence-corrected chi connectivity index (χ0v) is 16.1. The molecular formula is C18H21ClFNO6. The van der Waals surface area contributed by atoms with Crippen LogP contribution in [-0.4, -0.2) is 48.2 Å². The van der Waals surface area contributed by atoms with Crippen LogP contribution in [0.5, 0.6) is 0 Å². The van der Waals surface area contributed by atoms with Crippen LogP contribution in [0.4, 0.5) is 10.1 Å². The largest absolute Gasteiger partial charge is 0.342 e. The number of nitrogens with one attached hydrogen (secondary N) is 1. The maximum absolute atomic E-state index is 13.3. The molecule has 3 fully saturated rings. The molecule has 3 aliphatic heterocycles. The molecule has 0 aliphatic carbocycles. The molecule has 1 aromatic carbocycles. The Bertz CT molecular complexity index is 772. The second kappa shape index (κ2) is 6.37. The standard InChI is InChI=1S/C18H21ClFNO6/c1-17(2)24-11-12(25-17)14-16(27-18(3,4)26-14)23-13(11)15(22)21-8-5-6-10(20)9(19)7-8/h5-7,11-14,16H,1-4H3,(H,21,22)/t11-,12+,13+,14+,16-/m0/s1. The predicted octanol–water partition coefficient (Wildman–Crippen LogP) is 2.81. The lowest BCUT2D eigenvalue weighted by atomic mass is 9.98. The van der Waals surface area contributed by atoms with Gasteiger partial charge in [-0.1, -0.05) is 11.6 Å². The van der Waals surface area contributed by atoms with Gasteiger partial charge >= 0.3 is 0 Å². The molecule has 0 radical (unpaired) electrons. The van der Waals surface area contributed by atoms with Gasteiger partial charge in [-0.25, -0.2) is 4.39 Å². The summed E-state index contributed by atoms with van der Waals surface area (Å²) in [5, 5.41) is 2.58. The summed E-state index contributed by atoms with van der Waals surface area (Å²) in [6, 6.07) is 3.91. The Morgan fingerprint density at radius 3 is 2.37 bits per heavy atom. The molecule has 0 saturated carbocycles. The van der Waals surface area contributed by atoms with Crippen molar-refractivity contribution in [2.45, 2.75) is 70.0 Å². The van der Waals surface area contributed by atoms with Crippen LogP contribution in [0.2, 0.25) is 5.02 Å². The molecule has 9 heteroatoms. The Morgan fingerprint density at radius 1 is 1.04 bits per heavy atom. The van der Waals surface area contributed by atoms with E-state index in [2.05, 4.69) is 5.32 Å². The molecule has 3 saturated heterocycles. The van der Waals surface area contributed by atoms with E-state index in [4.69, 9.17) is 35.3 Å². The SMILES string of the molecule is CC1(C)O[C@@H]2O[C@@H](C(=O)Nc3ccc(F)c(Cl)c3)[C@H]3OC(C)(C)O[C@H]3[C@H]2O1. The van der Waals surface area contributed by atoms with Crippen LogP contribution in [-0.2, 0) is 28.5 Å². The Balaban J connectivity index is 1.57. The van der Waals surface area contributed by atoms with Gasteiger partial charge in [0.1, 0.15) is 24.1 Å². The molecule has 0 bridgehead atoms. The predicted molar refractivity (Wildman–Crippen MR) is 92.6 cm³/mol. The van der Waals surface area contributed by atoms with Gasteiger partial charge in [-0.05, 0) is 45.9 Å². The smallest absolute Gasteiger partial charge is 0.256 e. The molecule has 1 aromatic rings. The van der Waals surface area contributed by atoms with Gasteiger partial charge in [0.2, 0.25) is 0 Å². The summed E-state index contributed by atoms with van der Waals surface area (Å²) in [7, 11) is 0. The van der Waals surface area contributed by atoms with Crippen LogP contribution in [0, 0.1) is 5.82 Å². The van der Waals surface area contributed by atoms with E-state index in [9.17, 15) is 9.18 Å². The number of hydrogen-bond donors (Lipinski definition) is 1. The van der Waals surface area contributed by atoms with E-state index >= 15 is 0 Å². The van der Waals surface area contributed by atoms with Gasteiger partial charge in [0.25, 0.3) is 5.91 Å². The lowest BCUT2D eigenvalue weighted by Crippen LogP contribution is -2.58. The molecule has 0 aromatic heterocycles. The minimum Gasteiger partial charge on any atom is -0.342 e. The topological polar surface area (TPSA) is 75.3 Å². The molecule has 3 heterocycles. The van der Waals surface area contributed by atoms with Crippen molar-refractivity contribution in [3.05, 3.63) is 29.0 Å². The second-order valence-corrected chi connectivity index (χ2v) is 8.12. The summed E-state index contributed by atoms with van der Waals surface area (Å²) >= 11 is 5.78. The molecule has 7 nitrogen and oxygen atoms in total. The van der Waals surface area contributed by atoms with Crippen molar-refractivity contribution in [2.75, 3.05) is 5.32 Å². The number of amides is 1. The van der Waals surface area contributed by atoms with Crippen LogP contribution in [0.3, 0.4) is 0 Å². The van der Waals surface area contributed by atoms with Crippen molar-refractivity contribution in [3.63, 3.8) is 0 Å². The monoisotopic (exact) mass is 401 g/mol. The van der Waals surface area contributed by atoms with Gasteiger partial charge < -0.3 is 29.0 Å². The van der Waals surface area contributed by atoms with Gasteiger partial charge in [-0.15, -0.1) is 0 Å². The Labute approximate surface area is 161 Å². The van der Waals surface area contributed by atoms with Crippen LogP contribution < -0.4 is 5.32 Å². The van der Waals surface area contributed by atoms with Crippen LogP contribution in [0.1, 0.15) is 27.7 Å². The minimum atomic E-state index is -1.00. The normalized spacial score (nSPS) is 36.1. The summed E-state index contributed by atoms with van der Waals surface area (Å²) < 4.78 is 42.7. The number of carbonyl (C=O) groups excluding carboxylic acids is 1. The Morgan fingerprint density at radius 2 is 1.67 bits per heavy atom. The highest BCUT2D eigenvalue weighted by molar-refractivity contribution is 6.31. The summed E-state index contributed by atoms with van der Waals surface area (Å²) in [6.45, 7) is 7.05. The molecule has 1 amide bonds. The van der Waals surface area contributed by atoms with Gasteiger partial charge in [0.15, 0.2) is 24.0 Å². The molecule has 27 heavy (non-hydrogen) atoms. The first-order valence-electron chi connectivity index (χ1n) is 8.67. The lowest BCUT2D eigenvalue weighted by Gasteiger charge is -2.36. The van der Waals surface area contributed by atoms with E-state index in [0.29, 0.717) is 5.69 Å². The van der Waals surface area contributed by atoms with E-state index in [0.717, 1.165) is 0 Å². The van der Waals surface area contributed by atoms with Crippen molar-refractivity contribution in [1.82, 2.24) is 0 Å². The Kier molecular flexibility index (Phi) is 4.49. The van der Waals surface area contributed by atoms with Crippen LogP contribution >= 0.6 is 11.6 Å². The zero-order chi connectivity index (χ0) is 19.6. The number of hydrogen-bond acceptors (Lipinski definition) is 6. The highest BCUT2D eigenvalue weighted by Crippen LogP contribution is 2.44. The maximum atomic E-state index is 13.3. The highest BCUT2D eigenvalue weighted by atomic mass is 35.5. The fraction of sp³-hybridized carbons (Fsp3) is 0.611. The lowest BCUT2D eigenvalue weighted by molar-refractivity contribution is -0.229. The van der Waals surface area contributed by atoms with Crippen molar-refractivity contribution in [2.24, 2.45) is 0 Å². The van der Waals surface area contributed by atoms with Gasteiger partial charge in [0.05, 0.1) is 5.02 Å². The minimum absolute atomic E-state index is 0.0915. The van der Waals surface area contributed by atoms with Crippen molar-refractivity contribution in [3.8, 4) is 0 Å². The first-order valence-corrected chi connectivity index (χ1v) is 9.05. The number of carbonyl (C=O) groups is 1. The van der Waals surface area contributed by atoms with E-state index < -0.39 is 54.0 Å². The van der Waals surface area contributed by atoms with Crippen molar-refractivity contribution < 1.29 is 32.9 Å². The van der Waals surface area contributed by atoms with E-state index in [1.165, 1.54) is 18.2 Å². The molecule has 3 aliphatic rings. The third-order valence-electron chi connectivity index (χ3n) is 4.60. The Hall–Kier alpha value is -1.29. The average molecular weight is 402 g/mol. The van der Waals surface area contributed by atoms with E-state index in [-0.39, 0.29) is 5.02 Å².